The fourth-order valence-electron chi connectivity index (χ4n) is 0.136. The molecular formula is C6H11. The van der Waals surface area contributed by atoms with Gasteiger partial charge in [-0.1, -0.05) is 32.9 Å². The van der Waals surface area contributed by atoms with E-state index in [4.69, 9.17) is 6.58 Å². The Morgan fingerprint density at radius 2 is 2.33 bits per heavy atom. The monoisotopic (exact) mass is 83.1 g/mol. The highest BCUT2D eigenvalue weighted by Crippen LogP contribution is 1.97. The standard InChI is InChI=1S/C6H11/c1-4-6(3)5-2/h1,4,6H,5H2,2-3H3/t6-/m0/s1. The second-order valence-electron chi connectivity index (χ2n) is 1.58. The molecular weight excluding hydrogens is 72.1 g/mol. The van der Waals surface area contributed by atoms with Gasteiger partial charge in [-0.2, -0.15) is 0 Å². The number of rotatable bonds is 2. The molecule has 0 fully saturated rings. The third kappa shape index (κ3) is 2.01. The second-order valence-corrected chi connectivity index (χ2v) is 1.58. The van der Waals surface area contributed by atoms with Gasteiger partial charge in [-0.05, 0) is 5.92 Å². The maximum atomic E-state index is 5.16. The van der Waals surface area contributed by atoms with Crippen LogP contribution in [0.15, 0.2) is 6.08 Å². The minimum atomic E-state index is 0.588. The molecule has 0 rings (SSSR count). The van der Waals surface area contributed by atoms with E-state index in [1.807, 2.05) is 0 Å². The van der Waals surface area contributed by atoms with Crippen LogP contribution >= 0.6 is 0 Å². The van der Waals surface area contributed by atoms with Gasteiger partial charge >= 0.3 is 0 Å². The Morgan fingerprint density at radius 1 is 1.83 bits per heavy atom. The van der Waals surface area contributed by atoms with Gasteiger partial charge in [0.1, 0.15) is 0 Å². The van der Waals surface area contributed by atoms with Crippen LogP contribution in [-0.2, 0) is 0 Å². The van der Waals surface area contributed by atoms with E-state index in [1.54, 1.807) is 6.08 Å². The zero-order chi connectivity index (χ0) is 4.99. The predicted octanol–water partition coefficient (Wildman–Crippen LogP) is 2.02. The summed E-state index contributed by atoms with van der Waals surface area (Å²) in [6.45, 7) is 9.37. The molecule has 0 saturated heterocycles. The average molecular weight is 83.2 g/mol. The molecule has 0 aromatic heterocycles. The summed E-state index contributed by atoms with van der Waals surface area (Å²) in [5, 5.41) is 0. The van der Waals surface area contributed by atoms with Gasteiger partial charge in [0.05, 0.1) is 0 Å². The van der Waals surface area contributed by atoms with Crippen molar-refractivity contribution in [1.29, 1.82) is 0 Å². The van der Waals surface area contributed by atoms with E-state index in [0.29, 0.717) is 5.92 Å². The molecule has 0 saturated carbocycles. The summed E-state index contributed by atoms with van der Waals surface area (Å²) in [7, 11) is 0. The van der Waals surface area contributed by atoms with Crippen molar-refractivity contribution in [3.05, 3.63) is 12.7 Å². The van der Waals surface area contributed by atoms with Crippen molar-refractivity contribution in [2.24, 2.45) is 5.92 Å². The van der Waals surface area contributed by atoms with Crippen molar-refractivity contribution in [2.75, 3.05) is 0 Å². The lowest BCUT2D eigenvalue weighted by Crippen LogP contribution is -1.80. The Bertz CT molecular complexity index is 37.3. The van der Waals surface area contributed by atoms with Gasteiger partial charge in [0, 0.05) is 0 Å². The van der Waals surface area contributed by atoms with Crippen LogP contribution in [0.3, 0.4) is 0 Å². The summed E-state index contributed by atoms with van der Waals surface area (Å²) in [6, 6.07) is 0. The molecule has 1 radical (unpaired) electrons. The van der Waals surface area contributed by atoms with Crippen LogP contribution in [0.2, 0.25) is 0 Å². The molecule has 0 N–H and O–H groups in total. The smallest absolute Gasteiger partial charge is 0.0261 e. The predicted molar refractivity (Wildman–Crippen MR) is 28.3 cm³/mol. The molecule has 1 atom stereocenters. The van der Waals surface area contributed by atoms with E-state index in [1.165, 1.54) is 0 Å². The molecule has 0 aromatic carbocycles. The number of hydrogen-bond donors (Lipinski definition) is 0. The first kappa shape index (κ1) is 5.74. The van der Waals surface area contributed by atoms with E-state index < -0.39 is 0 Å². The summed E-state index contributed by atoms with van der Waals surface area (Å²) < 4.78 is 0. The third-order valence-corrected chi connectivity index (χ3v) is 0.972. The number of hydrogen-bond acceptors (Lipinski definition) is 0. The third-order valence-electron chi connectivity index (χ3n) is 0.972. The van der Waals surface area contributed by atoms with Crippen molar-refractivity contribution < 1.29 is 0 Å². The van der Waals surface area contributed by atoms with Crippen LogP contribution in [0.25, 0.3) is 0 Å². The summed E-state index contributed by atoms with van der Waals surface area (Å²) in [6.07, 6.45) is 2.87. The minimum Gasteiger partial charge on any atom is -0.0817 e. The highest BCUT2D eigenvalue weighted by atomic mass is 13.9. The fourth-order valence-corrected chi connectivity index (χ4v) is 0.136. The van der Waals surface area contributed by atoms with Crippen LogP contribution in [0.5, 0.6) is 0 Å². The molecule has 0 heterocycles. The first-order chi connectivity index (χ1) is 2.81. The van der Waals surface area contributed by atoms with Gasteiger partial charge in [0.2, 0.25) is 0 Å². The molecule has 0 aliphatic heterocycles. The van der Waals surface area contributed by atoms with Crippen LogP contribution in [0.4, 0.5) is 0 Å². The van der Waals surface area contributed by atoms with Crippen LogP contribution < -0.4 is 0 Å². The van der Waals surface area contributed by atoms with Crippen molar-refractivity contribution in [1.82, 2.24) is 0 Å². The normalized spacial score (nSPS) is 13.7. The zero-order valence-electron chi connectivity index (χ0n) is 4.44. The van der Waals surface area contributed by atoms with Crippen LogP contribution in [0.1, 0.15) is 20.3 Å². The van der Waals surface area contributed by atoms with Crippen LogP contribution in [0, 0.1) is 12.5 Å². The summed E-state index contributed by atoms with van der Waals surface area (Å²) >= 11 is 0. The molecule has 0 nitrogen and oxygen atoms in total. The molecule has 0 amide bonds. The summed E-state index contributed by atoms with van der Waals surface area (Å²) in [4.78, 5) is 0. The van der Waals surface area contributed by atoms with Gasteiger partial charge in [-0.3, -0.25) is 0 Å². The fraction of sp³-hybridized carbons (Fsp3) is 0.667. The van der Waals surface area contributed by atoms with Gasteiger partial charge in [-0.25, -0.2) is 0 Å². The first-order valence-electron chi connectivity index (χ1n) is 2.36. The quantitative estimate of drug-likeness (QED) is 0.479. The Kier molecular flexibility index (Phi) is 2.82. The van der Waals surface area contributed by atoms with E-state index >= 15 is 0 Å². The lowest BCUT2D eigenvalue weighted by Gasteiger charge is -1.93. The van der Waals surface area contributed by atoms with Crippen molar-refractivity contribution in [3.63, 3.8) is 0 Å². The highest BCUT2D eigenvalue weighted by Gasteiger charge is 1.84. The van der Waals surface area contributed by atoms with Crippen LogP contribution in [-0.4, -0.2) is 0 Å². The SMILES string of the molecule is [CH]=C[C@H](C)CC. The zero-order valence-corrected chi connectivity index (χ0v) is 4.44. The molecule has 0 bridgehead atoms. The minimum absolute atomic E-state index is 0.588. The van der Waals surface area contributed by atoms with Crippen molar-refractivity contribution in [3.8, 4) is 0 Å². The number of allylic oxidation sites excluding steroid dienone is 1. The maximum Gasteiger partial charge on any atom is -0.0261 e. The Balaban J connectivity index is 2.96. The molecule has 0 aromatic rings. The summed E-state index contributed by atoms with van der Waals surface area (Å²) in [5.41, 5.74) is 0. The second kappa shape index (κ2) is 2.95. The topological polar surface area (TPSA) is 0 Å². The Morgan fingerprint density at radius 3 is 2.33 bits per heavy atom. The van der Waals surface area contributed by atoms with Gasteiger partial charge in [0.25, 0.3) is 0 Å². The van der Waals surface area contributed by atoms with E-state index in [9.17, 15) is 0 Å². The van der Waals surface area contributed by atoms with E-state index in [0.717, 1.165) is 6.42 Å². The van der Waals surface area contributed by atoms with Gasteiger partial charge < -0.3 is 0 Å². The van der Waals surface area contributed by atoms with Gasteiger partial charge in [0.15, 0.2) is 0 Å². The molecule has 0 spiro atoms. The lowest BCUT2D eigenvalue weighted by atomic mass is 10.1. The highest BCUT2D eigenvalue weighted by molar-refractivity contribution is 4.69. The van der Waals surface area contributed by atoms with E-state index in [2.05, 4.69) is 13.8 Å². The summed E-state index contributed by atoms with van der Waals surface area (Å²) in [5.74, 6) is 0.588. The molecule has 0 aliphatic carbocycles. The molecule has 6 heavy (non-hydrogen) atoms. The molecule has 0 heteroatoms. The van der Waals surface area contributed by atoms with E-state index in [-0.39, 0.29) is 0 Å². The molecule has 35 valence electrons. The Labute approximate surface area is 39.9 Å². The Hall–Kier alpha value is -0.260. The van der Waals surface area contributed by atoms with Crippen molar-refractivity contribution in [2.45, 2.75) is 20.3 Å². The van der Waals surface area contributed by atoms with Gasteiger partial charge in [-0.15, -0.1) is 0 Å². The largest absolute Gasteiger partial charge is 0.0817 e. The molecule has 0 unspecified atom stereocenters. The molecule has 0 aliphatic rings. The lowest BCUT2D eigenvalue weighted by molar-refractivity contribution is 0.699. The average Bonchev–Trinajstić information content (AvgIpc) is 1.65. The first-order valence-corrected chi connectivity index (χ1v) is 2.36. The maximum absolute atomic E-state index is 5.16. The van der Waals surface area contributed by atoms with Crippen molar-refractivity contribution >= 4 is 0 Å².